The Morgan fingerprint density at radius 2 is 2.08 bits per heavy atom. The average Bonchev–Trinajstić information content (AvgIpc) is 2.67. The third-order valence-electron chi connectivity index (χ3n) is 1.91. The van der Waals surface area contributed by atoms with Crippen molar-refractivity contribution in [2.75, 3.05) is 13.6 Å². The summed E-state index contributed by atoms with van der Waals surface area (Å²) in [6, 6.07) is 0. The maximum absolute atomic E-state index is 12.8. The molecular formula is C7H14ClF2NO. The van der Waals surface area contributed by atoms with Crippen LogP contribution >= 0.6 is 12.4 Å². The first-order valence-corrected chi connectivity index (χ1v) is 3.78. The average molecular weight is 202 g/mol. The fraction of sp³-hybridized carbons (Fsp3) is 1.00. The van der Waals surface area contributed by atoms with Gasteiger partial charge in [-0.25, -0.2) is 8.78 Å². The Labute approximate surface area is 76.8 Å². The van der Waals surface area contributed by atoms with Crippen molar-refractivity contribution in [2.45, 2.75) is 24.9 Å². The molecule has 0 aromatic carbocycles. The second kappa shape index (κ2) is 4.35. The van der Waals surface area contributed by atoms with Crippen LogP contribution in [0.15, 0.2) is 0 Å². The van der Waals surface area contributed by atoms with Gasteiger partial charge < -0.3 is 10.4 Å². The van der Waals surface area contributed by atoms with Gasteiger partial charge in [-0.05, 0) is 25.8 Å². The molecule has 74 valence electrons. The SMILES string of the molecule is CNCC(F)(F)C(O)C1CC1.Cl. The van der Waals surface area contributed by atoms with Gasteiger partial charge in [-0.15, -0.1) is 12.4 Å². The number of hydrogen-bond donors (Lipinski definition) is 2. The lowest BCUT2D eigenvalue weighted by molar-refractivity contribution is -0.113. The number of halogens is 3. The van der Waals surface area contributed by atoms with Crippen LogP contribution in [0.5, 0.6) is 0 Å². The molecule has 0 heterocycles. The van der Waals surface area contributed by atoms with Crippen LogP contribution in [-0.4, -0.2) is 30.7 Å². The third kappa shape index (κ3) is 2.84. The van der Waals surface area contributed by atoms with Crippen molar-refractivity contribution in [3.63, 3.8) is 0 Å². The zero-order valence-electron chi connectivity index (χ0n) is 6.89. The molecular weight excluding hydrogens is 188 g/mol. The van der Waals surface area contributed by atoms with E-state index < -0.39 is 18.6 Å². The molecule has 0 saturated heterocycles. The highest BCUT2D eigenvalue weighted by atomic mass is 35.5. The highest BCUT2D eigenvalue weighted by molar-refractivity contribution is 5.85. The van der Waals surface area contributed by atoms with Gasteiger partial charge in [0.05, 0.1) is 6.54 Å². The van der Waals surface area contributed by atoms with Gasteiger partial charge in [0.25, 0.3) is 5.92 Å². The number of alkyl halides is 2. The molecule has 0 amide bonds. The highest BCUT2D eigenvalue weighted by Crippen LogP contribution is 2.38. The lowest BCUT2D eigenvalue weighted by Gasteiger charge is -2.21. The standard InChI is InChI=1S/C7H13F2NO.ClH/c1-10-4-7(8,9)6(11)5-2-3-5;/h5-6,10-11H,2-4H2,1H3;1H. The summed E-state index contributed by atoms with van der Waals surface area (Å²) in [7, 11) is 1.45. The van der Waals surface area contributed by atoms with Crippen LogP contribution in [0, 0.1) is 5.92 Å². The first kappa shape index (κ1) is 12.1. The van der Waals surface area contributed by atoms with Gasteiger partial charge in [-0.2, -0.15) is 0 Å². The van der Waals surface area contributed by atoms with Crippen molar-refractivity contribution in [3.05, 3.63) is 0 Å². The molecule has 1 unspecified atom stereocenters. The van der Waals surface area contributed by atoms with Crippen LogP contribution in [0.3, 0.4) is 0 Å². The minimum Gasteiger partial charge on any atom is -0.387 e. The quantitative estimate of drug-likeness (QED) is 0.712. The topological polar surface area (TPSA) is 32.3 Å². The molecule has 1 fully saturated rings. The van der Waals surface area contributed by atoms with Gasteiger partial charge in [-0.1, -0.05) is 0 Å². The van der Waals surface area contributed by atoms with Gasteiger partial charge in [0.2, 0.25) is 0 Å². The Morgan fingerprint density at radius 3 is 2.42 bits per heavy atom. The van der Waals surface area contributed by atoms with Gasteiger partial charge in [0, 0.05) is 0 Å². The van der Waals surface area contributed by atoms with E-state index in [4.69, 9.17) is 5.11 Å². The highest BCUT2D eigenvalue weighted by Gasteiger charge is 2.46. The fourth-order valence-corrected chi connectivity index (χ4v) is 1.10. The van der Waals surface area contributed by atoms with Gasteiger partial charge >= 0.3 is 0 Å². The van der Waals surface area contributed by atoms with Crippen molar-refractivity contribution >= 4 is 12.4 Å². The van der Waals surface area contributed by atoms with Crippen molar-refractivity contribution in [3.8, 4) is 0 Å². The molecule has 1 saturated carbocycles. The van der Waals surface area contributed by atoms with E-state index in [-0.39, 0.29) is 18.3 Å². The van der Waals surface area contributed by atoms with E-state index in [1.54, 1.807) is 0 Å². The summed E-state index contributed by atoms with van der Waals surface area (Å²) >= 11 is 0. The van der Waals surface area contributed by atoms with Crippen LogP contribution in [0.2, 0.25) is 0 Å². The van der Waals surface area contributed by atoms with Crippen molar-refractivity contribution in [2.24, 2.45) is 5.92 Å². The molecule has 0 aromatic heterocycles. The van der Waals surface area contributed by atoms with Gasteiger partial charge in [0.1, 0.15) is 6.10 Å². The maximum Gasteiger partial charge on any atom is 0.285 e. The predicted molar refractivity (Wildman–Crippen MR) is 44.9 cm³/mol. The predicted octanol–water partition coefficient (Wildman–Crippen LogP) is 1.03. The first-order valence-electron chi connectivity index (χ1n) is 3.78. The Balaban J connectivity index is 0.00000121. The minimum atomic E-state index is -2.96. The smallest absolute Gasteiger partial charge is 0.285 e. The summed E-state index contributed by atoms with van der Waals surface area (Å²) < 4.78 is 25.6. The lowest BCUT2D eigenvalue weighted by Crippen LogP contribution is -2.43. The summed E-state index contributed by atoms with van der Waals surface area (Å²) in [5.74, 6) is -3.13. The molecule has 0 radical (unpaired) electrons. The van der Waals surface area contributed by atoms with Gasteiger partial charge in [-0.3, -0.25) is 0 Å². The van der Waals surface area contributed by atoms with Crippen LogP contribution in [0.4, 0.5) is 8.78 Å². The first-order chi connectivity index (χ1) is 5.08. The summed E-state index contributed by atoms with van der Waals surface area (Å²) in [4.78, 5) is 0. The Kier molecular flexibility index (Phi) is 4.37. The summed E-state index contributed by atoms with van der Waals surface area (Å²) in [5, 5.41) is 11.4. The van der Waals surface area contributed by atoms with Crippen LogP contribution in [0.1, 0.15) is 12.8 Å². The van der Waals surface area contributed by atoms with Crippen LogP contribution < -0.4 is 5.32 Å². The maximum atomic E-state index is 12.8. The molecule has 2 nitrogen and oxygen atoms in total. The number of aliphatic hydroxyl groups is 1. The molecule has 2 N–H and O–H groups in total. The van der Waals surface area contributed by atoms with E-state index in [2.05, 4.69) is 5.32 Å². The zero-order chi connectivity index (χ0) is 8.48. The fourth-order valence-electron chi connectivity index (χ4n) is 1.10. The Morgan fingerprint density at radius 1 is 1.58 bits per heavy atom. The molecule has 1 rings (SSSR count). The number of hydrogen-bond acceptors (Lipinski definition) is 2. The summed E-state index contributed by atoms with van der Waals surface area (Å²) in [6.45, 7) is -0.440. The number of nitrogens with one attached hydrogen (secondary N) is 1. The number of rotatable bonds is 4. The van der Waals surface area contributed by atoms with Gasteiger partial charge in [0.15, 0.2) is 0 Å². The molecule has 1 aliphatic rings. The normalized spacial score (nSPS) is 20.0. The van der Waals surface area contributed by atoms with E-state index in [0.717, 1.165) is 12.8 Å². The molecule has 0 bridgehead atoms. The van der Waals surface area contributed by atoms with Crippen LogP contribution in [-0.2, 0) is 0 Å². The summed E-state index contributed by atoms with van der Waals surface area (Å²) in [6.07, 6.45) is 0.0240. The van der Waals surface area contributed by atoms with E-state index >= 15 is 0 Å². The molecule has 0 spiro atoms. The van der Waals surface area contributed by atoms with Crippen molar-refractivity contribution in [1.29, 1.82) is 0 Å². The largest absolute Gasteiger partial charge is 0.387 e. The molecule has 1 aliphatic carbocycles. The molecule has 0 aromatic rings. The van der Waals surface area contributed by atoms with E-state index in [9.17, 15) is 8.78 Å². The minimum absolute atomic E-state index is 0. The van der Waals surface area contributed by atoms with E-state index in [0.29, 0.717) is 0 Å². The third-order valence-corrected chi connectivity index (χ3v) is 1.91. The second-order valence-electron chi connectivity index (χ2n) is 3.07. The Hall–Kier alpha value is 0.0700. The molecule has 12 heavy (non-hydrogen) atoms. The molecule has 5 heteroatoms. The summed E-state index contributed by atoms with van der Waals surface area (Å²) in [5.41, 5.74) is 0. The van der Waals surface area contributed by atoms with Crippen molar-refractivity contribution < 1.29 is 13.9 Å². The monoisotopic (exact) mass is 201 g/mol. The second-order valence-corrected chi connectivity index (χ2v) is 3.07. The number of aliphatic hydroxyl groups excluding tert-OH is 1. The molecule has 0 aliphatic heterocycles. The van der Waals surface area contributed by atoms with Crippen molar-refractivity contribution in [1.82, 2.24) is 5.32 Å². The van der Waals surface area contributed by atoms with Crippen LogP contribution in [0.25, 0.3) is 0 Å². The lowest BCUT2D eigenvalue weighted by atomic mass is 10.1. The zero-order valence-corrected chi connectivity index (χ0v) is 7.70. The van der Waals surface area contributed by atoms with E-state index in [1.165, 1.54) is 7.05 Å². The molecule has 1 atom stereocenters. The van der Waals surface area contributed by atoms with E-state index in [1.807, 2.05) is 0 Å². The Bertz CT molecular complexity index is 141.